The van der Waals surface area contributed by atoms with Crippen molar-refractivity contribution in [3.63, 3.8) is 0 Å². The van der Waals surface area contributed by atoms with Gasteiger partial charge in [0.15, 0.2) is 11.5 Å². The van der Waals surface area contributed by atoms with Crippen LogP contribution in [0, 0.1) is 11.8 Å². The van der Waals surface area contributed by atoms with Crippen LogP contribution in [0.5, 0.6) is 11.5 Å². The van der Waals surface area contributed by atoms with Gasteiger partial charge >= 0.3 is 0 Å². The van der Waals surface area contributed by atoms with Gasteiger partial charge in [0, 0.05) is 25.7 Å². The smallest absolute Gasteiger partial charge is 0.160 e. The van der Waals surface area contributed by atoms with Crippen LogP contribution in [0.2, 0.25) is 0 Å². The minimum absolute atomic E-state index is 0.314. The number of ether oxygens (including phenoxy) is 2. The molecule has 0 bridgehead atoms. The van der Waals surface area contributed by atoms with Gasteiger partial charge in [-0.25, -0.2) is 0 Å². The third-order valence-corrected chi connectivity index (χ3v) is 5.36. The fourth-order valence-electron chi connectivity index (χ4n) is 4.03. The molecular weight excluding hydrogens is 288 g/mol. The first-order valence-corrected chi connectivity index (χ1v) is 8.86. The molecule has 23 heavy (non-hydrogen) atoms. The summed E-state index contributed by atoms with van der Waals surface area (Å²) in [5.41, 5.74) is 7.63. The fourth-order valence-corrected chi connectivity index (χ4v) is 4.03. The van der Waals surface area contributed by atoms with E-state index >= 15 is 0 Å². The van der Waals surface area contributed by atoms with Crippen LogP contribution in [0.4, 0.5) is 0 Å². The first-order chi connectivity index (χ1) is 11.2. The lowest BCUT2D eigenvalue weighted by Crippen LogP contribution is -2.49. The number of nitrogens with two attached hydrogens (primary N) is 1. The quantitative estimate of drug-likeness (QED) is 0.876. The zero-order valence-corrected chi connectivity index (χ0v) is 14.5. The van der Waals surface area contributed by atoms with E-state index in [4.69, 9.17) is 15.2 Å². The van der Waals surface area contributed by atoms with Crippen molar-refractivity contribution >= 4 is 0 Å². The van der Waals surface area contributed by atoms with Gasteiger partial charge in [-0.15, -0.1) is 0 Å². The van der Waals surface area contributed by atoms with Gasteiger partial charge in [0.25, 0.3) is 0 Å². The Morgan fingerprint density at radius 2 is 1.87 bits per heavy atom. The summed E-state index contributed by atoms with van der Waals surface area (Å²) in [5.74, 6) is 3.17. The first kappa shape index (κ1) is 16.6. The summed E-state index contributed by atoms with van der Waals surface area (Å²) in [6.45, 7) is 3.49. The van der Waals surface area contributed by atoms with Crippen LogP contribution < -0.4 is 15.2 Å². The summed E-state index contributed by atoms with van der Waals surface area (Å²) in [6.07, 6.45) is 6.42. The van der Waals surface area contributed by atoms with E-state index in [1.54, 1.807) is 14.2 Å². The molecule has 0 aromatic heterocycles. The monoisotopic (exact) mass is 318 g/mol. The van der Waals surface area contributed by atoms with Crippen LogP contribution in [0.1, 0.15) is 31.2 Å². The molecule has 128 valence electrons. The van der Waals surface area contributed by atoms with Crippen LogP contribution in [-0.2, 0) is 6.42 Å². The van der Waals surface area contributed by atoms with Gasteiger partial charge in [-0.2, -0.15) is 0 Å². The Bertz CT molecular complexity index is 516. The number of methoxy groups -OCH3 is 2. The second-order valence-electron chi connectivity index (χ2n) is 7.27. The lowest BCUT2D eigenvalue weighted by molar-refractivity contribution is 0.112. The fraction of sp³-hybridized carbons (Fsp3) is 0.684. The van der Waals surface area contributed by atoms with Gasteiger partial charge in [0.05, 0.1) is 14.2 Å². The Kier molecular flexibility index (Phi) is 5.44. The van der Waals surface area contributed by atoms with E-state index in [0.29, 0.717) is 12.0 Å². The molecule has 2 unspecified atom stereocenters. The van der Waals surface area contributed by atoms with Crippen LogP contribution in [0.15, 0.2) is 18.2 Å². The number of hydrogen-bond acceptors (Lipinski definition) is 4. The van der Waals surface area contributed by atoms with E-state index in [9.17, 15) is 0 Å². The van der Waals surface area contributed by atoms with E-state index in [1.807, 2.05) is 6.07 Å². The summed E-state index contributed by atoms with van der Waals surface area (Å²) < 4.78 is 10.7. The van der Waals surface area contributed by atoms with Crippen molar-refractivity contribution in [1.29, 1.82) is 0 Å². The highest BCUT2D eigenvalue weighted by Crippen LogP contribution is 2.31. The average molecular weight is 318 g/mol. The normalized spacial score (nSPS) is 25.9. The number of likely N-dealkylation sites (tertiary alicyclic amines) is 1. The predicted molar refractivity (Wildman–Crippen MR) is 93.1 cm³/mol. The number of nitrogens with zero attached hydrogens (tertiary/aromatic N) is 1. The van der Waals surface area contributed by atoms with E-state index in [0.717, 1.165) is 36.8 Å². The lowest BCUT2D eigenvalue weighted by Gasteiger charge is -2.40. The minimum Gasteiger partial charge on any atom is -0.493 e. The second-order valence-corrected chi connectivity index (χ2v) is 7.27. The maximum absolute atomic E-state index is 6.32. The molecule has 1 saturated heterocycles. The van der Waals surface area contributed by atoms with Gasteiger partial charge in [-0.1, -0.05) is 12.5 Å². The van der Waals surface area contributed by atoms with E-state index in [-0.39, 0.29) is 0 Å². The number of piperidine rings is 1. The molecule has 1 aromatic carbocycles. The van der Waals surface area contributed by atoms with Crippen molar-refractivity contribution in [2.75, 3.05) is 33.9 Å². The molecule has 0 amide bonds. The van der Waals surface area contributed by atoms with Crippen molar-refractivity contribution in [2.45, 2.75) is 38.1 Å². The molecule has 0 spiro atoms. The molecular formula is C19H30N2O2. The maximum Gasteiger partial charge on any atom is 0.160 e. The third-order valence-electron chi connectivity index (χ3n) is 5.36. The van der Waals surface area contributed by atoms with Gasteiger partial charge in [0.1, 0.15) is 0 Å². The maximum atomic E-state index is 6.32. The van der Waals surface area contributed by atoms with Crippen molar-refractivity contribution in [3.05, 3.63) is 23.8 Å². The van der Waals surface area contributed by atoms with Crippen LogP contribution in [0.3, 0.4) is 0 Å². The van der Waals surface area contributed by atoms with E-state index in [1.165, 1.54) is 37.9 Å². The summed E-state index contributed by atoms with van der Waals surface area (Å²) in [5, 5.41) is 0. The summed E-state index contributed by atoms with van der Waals surface area (Å²) in [4.78, 5) is 2.60. The highest BCUT2D eigenvalue weighted by Gasteiger charge is 2.28. The molecule has 1 aromatic rings. The number of rotatable bonds is 6. The molecule has 1 heterocycles. The van der Waals surface area contributed by atoms with Gasteiger partial charge in [-0.3, -0.25) is 0 Å². The number of benzene rings is 1. The highest BCUT2D eigenvalue weighted by atomic mass is 16.5. The third kappa shape index (κ3) is 4.18. The Morgan fingerprint density at radius 3 is 2.52 bits per heavy atom. The Morgan fingerprint density at radius 1 is 1.09 bits per heavy atom. The summed E-state index contributed by atoms with van der Waals surface area (Å²) in [7, 11) is 3.37. The Labute approximate surface area is 139 Å². The van der Waals surface area contributed by atoms with Gasteiger partial charge in [0.2, 0.25) is 0 Å². The highest BCUT2D eigenvalue weighted by molar-refractivity contribution is 5.43. The molecule has 1 aliphatic carbocycles. The van der Waals surface area contributed by atoms with Crippen molar-refractivity contribution in [3.8, 4) is 11.5 Å². The largest absolute Gasteiger partial charge is 0.493 e. The standard InChI is InChI=1S/C19H30N2O2/c1-22-18-7-6-15(10-19(18)23-2)8-16-9-17(20)13-21(12-16)11-14-4-3-5-14/h6-7,10,14,16-17H,3-5,8-9,11-13,20H2,1-2H3. The molecule has 0 radical (unpaired) electrons. The van der Waals surface area contributed by atoms with Crippen LogP contribution >= 0.6 is 0 Å². The van der Waals surface area contributed by atoms with E-state index < -0.39 is 0 Å². The topological polar surface area (TPSA) is 47.7 Å². The van der Waals surface area contributed by atoms with Crippen molar-refractivity contribution < 1.29 is 9.47 Å². The molecule has 2 atom stereocenters. The molecule has 1 saturated carbocycles. The van der Waals surface area contributed by atoms with E-state index in [2.05, 4.69) is 17.0 Å². The lowest BCUT2D eigenvalue weighted by atomic mass is 9.83. The summed E-state index contributed by atoms with van der Waals surface area (Å²) >= 11 is 0. The SMILES string of the molecule is COc1ccc(CC2CC(N)CN(CC3CCC3)C2)cc1OC. The van der Waals surface area contributed by atoms with Gasteiger partial charge < -0.3 is 20.1 Å². The molecule has 2 fully saturated rings. The molecule has 2 N–H and O–H groups in total. The average Bonchev–Trinajstić information content (AvgIpc) is 2.50. The second kappa shape index (κ2) is 7.54. The Balaban J connectivity index is 1.61. The molecule has 4 heteroatoms. The summed E-state index contributed by atoms with van der Waals surface area (Å²) in [6, 6.07) is 6.57. The predicted octanol–water partition coefficient (Wildman–Crippen LogP) is 2.70. The van der Waals surface area contributed by atoms with Crippen LogP contribution in [0.25, 0.3) is 0 Å². The van der Waals surface area contributed by atoms with Crippen molar-refractivity contribution in [2.24, 2.45) is 17.6 Å². The molecule has 3 rings (SSSR count). The molecule has 1 aliphatic heterocycles. The van der Waals surface area contributed by atoms with Crippen LogP contribution in [-0.4, -0.2) is 44.8 Å². The van der Waals surface area contributed by atoms with Crippen molar-refractivity contribution in [1.82, 2.24) is 4.90 Å². The Hall–Kier alpha value is -1.26. The first-order valence-electron chi connectivity index (χ1n) is 8.86. The molecule has 2 aliphatic rings. The zero-order valence-electron chi connectivity index (χ0n) is 14.5. The minimum atomic E-state index is 0.314. The number of hydrogen-bond donors (Lipinski definition) is 1. The molecule has 4 nitrogen and oxygen atoms in total. The zero-order chi connectivity index (χ0) is 16.2. The van der Waals surface area contributed by atoms with Gasteiger partial charge in [-0.05, 0) is 55.2 Å².